The van der Waals surface area contributed by atoms with Crippen LogP contribution in [0.3, 0.4) is 0 Å². The van der Waals surface area contributed by atoms with Crippen LogP contribution in [0.1, 0.15) is 5.56 Å². The maximum Gasteiger partial charge on any atom is 0.289 e. The van der Waals surface area contributed by atoms with Crippen LogP contribution in [0.15, 0.2) is 41.4 Å². The summed E-state index contributed by atoms with van der Waals surface area (Å²) in [5, 5.41) is 10.6. The zero-order valence-electron chi connectivity index (χ0n) is 15.1. The van der Waals surface area contributed by atoms with Crippen molar-refractivity contribution in [3.63, 3.8) is 0 Å². The summed E-state index contributed by atoms with van der Waals surface area (Å²) in [6.07, 6.45) is 0. The van der Waals surface area contributed by atoms with Gasteiger partial charge in [-0.25, -0.2) is 18.2 Å². The van der Waals surface area contributed by atoms with E-state index in [1.54, 1.807) is 0 Å². The Morgan fingerprint density at radius 1 is 1.21 bits per heavy atom. The maximum atomic E-state index is 14.3. The topological polar surface area (TPSA) is 116 Å². The minimum absolute atomic E-state index is 0.00287. The molecule has 0 radical (unpaired) electrons. The van der Waals surface area contributed by atoms with Crippen LogP contribution >= 0.6 is 0 Å². The van der Waals surface area contributed by atoms with E-state index in [1.165, 1.54) is 31.3 Å². The van der Waals surface area contributed by atoms with Crippen LogP contribution in [0.4, 0.5) is 13.2 Å². The largest absolute Gasteiger partial charge is 0.407 e. The number of amidine groups is 1. The normalized spacial score (nSPS) is 11.5. The number of benzene rings is 2. The predicted molar refractivity (Wildman–Crippen MR) is 102 cm³/mol. The van der Waals surface area contributed by atoms with Crippen molar-refractivity contribution in [3.05, 3.63) is 59.4 Å². The molecule has 0 saturated heterocycles. The summed E-state index contributed by atoms with van der Waals surface area (Å²) in [6.45, 7) is -0.322. The highest BCUT2D eigenvalue weighted by atomic mass is 19.1. The summed E-state index contributed by atoms with van der Waals surface area (Å²) >= 11 is 0. The van der Waals surface area contributed by atoms with Crippen molar-refractivity contribution in [1.29, 1.82) is 5.41 Å². The smallest absolute Gasteiger partial charge is 0.289 e. The third kappa shape index (κ3) is 4.21. The molecule has 3 rings (SSSR count). The van der Waals surface area contributed by atoms with Crippen molar-refractivity contribution >= 4 is 28.7 Å². The second-order valence-electron chi connectivity index (χ2n) is 5.95. The third-order valence-electron chi connectivity index (χ3n) is 4.05. The lowest BCUT2D eigenvalue weighted by Gasteiger charge is -2.08. The molecule has 0 unspecified atom stereocenters. The lowest BCUT2D eigenvalue weighted by Crippen LogP contribution is -2.26. The van der Waals surface area contributed by atoms with Crippen LogP contribution in [0.25, 0.3) is 22.2 Å². The number of aromatic amines is 1. The van der Waals surface area contributed by atoms with Crippen LogP contribution in [-0.2, 0) is 9.53 Å². The molecule has 0 spiro atoms. The summed E-state index contributed by atoms with van der Waals surface area (Å²) < 4.78 is 46.5. The number of fused-ring (bicyclic) bond motifs is 1. The van der Waals surface area contributed by atoms with Crippen molar-refractivity contribution in [2.45, 2.75) is 0 Å². The molecule has 10 heteroatoms. The highest BCUT2D eigenvalue weighted by molar-refractivity contribution is 6.13. The van der Waals surface area contributed by atoms with Crippen LogP contribution in [0.5, 0.6) is 0 Å². The van der Waals surface area contributed by atoms with Gasteiger partial charge in [-0.2, -0.15) is 0 Å². The number of aliphatic imine (C=N–C) groups is 1. The van der Waals surface area contributed by atoms with E-state index in [2.05, 4.69) is 15.3 Å². The molecule has 2 aromatic carbocycles. The van der Waals surface area contributed by atoms with Gasteiger partial charge < -0.3 is 20.8 Å². The Morgan fingerprint density at radius 2 is 1.90 bits per heavy atom. The molecule has 0 aliphatic rings. The molecule has 0 bridgehead atoms. The molecular formula is C19H16F3N5O2. The van der Waals surface area contributed by atoms with Gasteiger partial charge >= 0.3 is 0 Å². The molecule has 29 heavy (non-hydrogen) atoms. The number of nitrogens with zero attached hydrogens (tertiary/aromatic N) is 1. The van der Waals surface area contributed by atoms with Crippen molar-refractivity contribution < 1.29 is 22.7 Å². The molecule has 3 aromatic rings. The van der Waals surface area contributed by atoms with Gasteiger partial charge in [-0.05, 0) is 35.9 Å². The van der Waals surface area contributed by atoms with Gasteiger partial charge in [0.1, 0.15) is 24.0 Å². The number of likely N-dealkylation sites (N-methyl/N-ethyl adjacent to an activating group) is 1. The lowest BCUT2D eigenvalue weighted by molar-refractivity contribution is -0.119. The van der Waals surface area contributed by atoms with Gasteiger partial charge in [-0.3, -0.25) is 10.2 Å². The molecule has 150 valence electrons. The van der Waals surface area contributed by atoms with Gasteiger partial charge in [0.2, 0.25) is 11.8 Å². The van der Waals surface area contributed by atoms with Gasteiger partial charge in [0.15, 0.2) is 0 Å². The number of rotatable bonds is 4. The van der Waals surface area contributed by atoms with E-state index in [4.69, 9.17) is 15.9 Å². The Balaban J connectivity index is 2.09. The zero-order valence-corrected chi connectivity index (χ0v) is 15.1. The molecule has 0 fully saturated rings. The molecule has 5 N–H and O–H groups in total. The monoisotopic (exact) mass is 403 g/mol. The van der Waals surface area contributed by atoms with E-state index in [-0.39, 0.29) is 28.7 Å². The number of halogens is 3. The van der Waals surface area contributed by atoms with E-state index in [0.717, 1.165) is 6.07 Å². The van der Waals surface area contributed by atoms with E-state index >= 15 is 0 Å². The second-order valence-corrected chi connectivity index (χ2v) is 5.95. The van der Waals surface area contributed by atoms with Gasteiger partial charge in [-0.15, -0.1) is 0 Å². The average Bonchev–Trinajstić information content (AvgIpc) is 3.06. The first kappa shape index (κ1) is 19.9. The number of carbonyl (C=O) groups excluding carboxylic acids is 1. The van der Waals surface area contributed by atoms with E-state index in [9.17, 15) is 18.0 Å². The molecule has 1 heterocycles. The summed E-state index contributed by atoms with van der Waals surface area (Å²) in [4.78, 5) is 17.7. The van der Waals surface area contributed by atoms with Crippen LogP contribution in [0, 0.1) is 22.9 Å². The SMILES string of the molecule is CNC(=O)CN=C(N)OC(=N)c1c(-c2ccc(F)cc2)[nH]c2c(F)cc(F)cc12. The summed E-state index contributed by atoms with van der Waals surface area (Å²) in [5.41, 5.74) is 6.15. The molecule has 0 aliphatic carbocycles. The predicted octanol–water partition coefficient (Wildman–Crippen LogP) is 2.65. The molecule has 0 saturated carbocycles. The van der Waals surface area contributed by atoms with Gasteiger partial charge in [0.25, 0.3) is 6.02 Å². The van der Waals surface area contributed by atoms with Crippen LogP contribution in [0.2, 0.25) is 0 Å². The zero-order chi connectivity index (χ0) is 21.1. The fourth-order valence-electron chi connectivity index (χ4n) is 2.71. The summed E-state index contributed by atoms with van der Waals surface area (Å²) in [7, 11) is 1.42. The van der Waals surface area contributed by atoms with Crippen molar-refractivity contribution in [2.24, 2.45) is 10.7 Å². The average molecular weight is 403 g/mol. The Kier molecular flexibility index (Phi) is 5.53. The number of nitrogens with two attached hydrogens (primary N) is 1. The Bertz CT molecular complexity index is 1120. The quantitative estimate of drug-likeness (QED) is 0.396. The van der Waals surface area contributed by atoms with E-state index in [1.807, 2.05) is 0 Å². The Labute approximate surface area is 162 Å². The minimum atomic E-state index is -0.872. The molecule has 0 aliphatic heterocycles. The highest BCUT2D eigenvalue weighted by Crippen LogP contribution is 2.33. The van der Waals surface area contributed by atoms with Gasteiger partial charge in [0, 0.05) is 18.5 Å². The Morgan fingerprint density at radius 3 is 2.55 bits per heavy atom. The number of H-pyrrole nitrogens is 1. The molecule has 1 aromatic heterocycles. The first-order valence-electron chi connectivity index (χ1n) is 8.34. The van der Waals surface area contributed by atoms with Gasteiger partial charge in [0.05, 0.1) is 16.8 Å². The molecule has 1 amide bonds. The summed E-state index contributed by atoms with van der Waals surface area (Å²) in [6, 6.07) is 6.45. The number of nitrogens with one attached hydrogen (secondary N) is 3. The fraction of sp³-hybridized carbons (Fsp3) is 0.105. The number of hydrogen-bond acceptors (Lipinski definition) is 4. The number of hydrogen-bond donors (Lipinski definition) is 4. The Hall–Kier alpha value is -3.82. The fourth-order valence-corrected chi connectivity index (χ4v) is 2.71. The van der Waals surface area contributed by atoms with Crippen molar-refractivity contribution in [3.8, 4) is 11.3 Å². The highest BCUT2D eigenvalue weighted by Gasteiger charge is 2.22. The standard InChI is InChI=1S/C19H16F3N5O2/c1-25-14(28)8-26-19(24)29-18(23)15-12-6-11(21)7-13(22)17(12)27-16(15)9-2-4-10(20)5-3-9/h2-7,23,27H,8H2,1H3,(H2,24,26)(H,25,28). The van der Waals surface area contributed by atoms with Crippen molar-refractivity contribution in [1.82, 2.24) is 10.3 Å². The lowest BCUT2D eigenvalue weighted by atomic mass is 10.0. The van der Waals surface area contributed by atoms with E-state index < -0.39 is 35.3 Å². The molecule has 0 atom stereocenters. The first-order chi connectivity index (χ1) is 13.8. The number of aromatic nitrogens is 1. The second kappa shape index (κ2) is 8.05. The molecule has 7 nitrogen and oxygen atoms in total. The molecular weight excluding hydrogens is 387 g/mol. The number of carbonyl (C=O) groups is 1. The summed E-state index contributed by atoms with van der Waals surface area (Å²) in [5.74, 6) is -3.19. The first-order valence-corrected chi connectivity index (χ1v) is 8.34. The van der Waals surface area contributed by atoms with Crippen LogP contribution < -0.4 is 11.1 Å². The van der Waals surface area contributed by atoms with Gasteiger partial charge in [-0.1, -0.05) is 0 Å². The van der Waals surface area contributed by atoms with Crippen LogP contribution in [-0.4, -0.2) is 36.4 Å². The number of amides is 1. The maximum absolute atomic E-state index is 14.3. The third-order valence-corrected chi connectivity index (χ3v) is 4.05. The van der Waals surface area contributed by atoms with Crippen molar-refractivity contribution in [2.75, 3.05) is 13.6 Å². The number of ether oxygens (including phenoxy) is 1. The van der Waals surface area contributed by atoms with E-state index in [0.29, 0.717) is 11.6 Å². The minimum Gasteiger partial charge on any atom is -0.407 e.